The van der Waals surface area contributed by atoms with Crippen LogP contribution in [0.15, 0.2) is 30.3 Å². The summed E-state index contributed by atoms with van der Waals surface area (Å²) in [5.74, 6) is -5.49. The van der Waals surface area contributed by atoms with Gasteiger partial charge in [0, 0.05) is 26.2 Å². The Morgan fingerprint density at radius 1 is 0.600 bits per heavy atom. The molecule has 2 N–H and O–H groups in total. The molecule has 1 aromatic carbocycles. The molecule has 6 amide bonds. The molecule has 5 saturated heterocycles. The Hall–Kier alpha value is -5.02. The molecule has 1 aromatic rings. The number of hydrogen-bond acceptors (Lipinski definition) is 10. The fourth-order valence-electron chi connectivity index (χ4n) is 10.4. The van der Waals surface area contributed by atoms with E-state index in [1.165, 1.54) is 19.6 Å². The summed E-state index contributed by atoms with van der Waals surface area (Å²) in [5.41, 5.74) is -0.371. The van der Waals surface area contributed by atoms with Crippen molar-refractivity contribution in [2.24, 2.45) is 23.2 Å². The van der Waals surface area contributed by atoms with E-state index in [4.69, 9.17) is 9.47 Å². The molecule has 0 saturated carbocycles. The molecule has 0 radical (unpaired) electrons. The number of fused-ring (bicyclic) bond motifs is 4. The second kappa shape index (κ2) is 21.1. The van der Waals surface area contributed by atoms with Crippen LogP contribution in [-0.2, 0) is 54.3 Å². The first-order valence-electron chi connectivity index (χ1n) is 24.1. The number of rotatable bonds is 7. The van der Waals surface area contributed by atoms with Crippen molar-refractivity contribution in [3.8, 4) is 0 Å². The number of carbonyl (C=O) groups is 8. The highest BCUT2D eigenvalue weighted by atomic mass is 16.6. The number of ether oxygens (including phenoxy) is 2. The van der Waals surface area contributed by atoms with E-state index in [9.17, 15) is 38.4 Å². The maximum atomic E-state index is 14.9. The van der Waals surface area contributed by atoms with Crippen molar-refractivity contribution < 1.29 is 47.8 Å². The van der Waals surface area contributed by atoms with Crippen molar-refractivity contribution >= 4 is 47.4 Å². The zero-order valence-corrected chi connectivity index (χ0v) is 39.7. The van der Waals surface area contributed by atoms with Crippen LogP contribution in [0.3, 0.4) is 0 Å². The van der Waals surface area contributed by atoms with Gasteiger partial charge in [-0.25, -0.2) is 9.59 Å². The number of benzene rings is 1. The van der Waals surface area contributed by atoms with E-state index in [0.717, 1.165) is 5.56 Å². The normalized spacial score (nSPS) is 30.6. The van der Waals surface area contributed by atoms with Crippen molar-refractivity contribution in [3.63, 3.8) is 0 Å². The Labute approximate surface area is 384 Å². The summed E-state index contributed by atoms with van der Waals surface area (Å²) < 4.78 is 12.3. The molecular formula is C49H72N6O10. The first-order chi connectivity index (χ1) is 30.9. The Morgan fingerprint density at radius 3 is 1.63 bits per heavy atom. The maximum Gasteiger partial charge on any atom is 0.329 e. The Balaban J connectivity index is 1.38. The van der Waals surface area contributed by atoms with Gasteiger partial charge in [-0.2, -0.15) is 0 Å². The van der Waals surface area contributed by atoms with Crippen LogP contribution in [0.25, 0.3) is 0 Å². The van der Waals surface area contributed by atoms with Gasteiger partial charge < -0.3 is 39.7 Å². The Kier molecular flexibility index (Phi) is 16.0. The van der Waals surface area contributed by atoms with Gasteiger partial charge in [-0.15, -0.1) is 0 Å². The van der Waals surface area contributed by atoms with E-state index in [1.807, 2.05) is 44.2 Å². The van der Waals surface area contributed by atoms with Gasteiger partial charge in [0.05, 0.1) is 5.41 Å². The van der Waals surface area contributed by atoms with Crippen molar-refractivity contribution in [2.75, 3.05) is 26.2 Å². The van der Waals surface area contributed by atoms with E-state index in [0.29, 0.717) is 70.6 Å². The first kappa shape index (κ1) is 49.4. The monoisotopic (exact) mass is 905 g/mol. The molecule has 16 nitrogen and oxygen atoms in total. The molecule has 5 fully saturated rings. The second-order valence-corrected chi connectivity index (χ2v) is 20.1. The van der Waals surface area contributed by atoms with Crippen LogP contribution >= 0.6 is 0 Å². The highest BCUT2D eigenvalue weighted by molar-refractivity contribution is 5.97. The van der Waals surface area contributed by atoms with Crippen molar-refractivity contribution in [3.05, 3.63) is 35.9 Å². The van der Waals surface area contributed by atoms with Crippen LogP contribution in [-0.4, -0.2) is 142 Å². The molecule has 65 heavy (non-hydrogen) atoms. The maximum absolute atomic E-state index is 14.9. The third-order valence-electron chi connectivity index (χ3n) is 14.3. The number of cyclic esters (lactones) is 2. The summed E-state index contributed by atoms with van der Waals surface area (Å²) in [6, 6.07) is 3.74. The lowest BCUT2D eigenvalue weighted by atomic mass is 9.82. The molecule has 0 aliphatic carbocycles. The largest absolute Gasteiger partial charge is 0.460 e. The number of carbonyl (C=O) groups excluding carboxylic acids is 8. The molecule has 5 aliphatic heterocycles. The van der Waals surface area contributed by atoms with Gasteiger partial charge in [-0.05, 0) is 101 Å². The summed E-state index contributed by atoms with van der Waals surface area (Å²) in [6.45, 7) is 15.3. The molecule has 0 bridgehead atoms. The average molecular weight is 905 g/mol. The molecule has 0 spiro atoms. The Bertz CT molecular complexity index is 1940. The molecule has 6 rings (SSSR count). The van der Waals surface area contributed by atoms with Crippen molar-refractivity contribution in [2.45, 2.75) is 174 Å². The van der Waals surface area contributed by atoms with Gasteiger partial charge in [0.1, 0.15) is 42.4 Å². The molecule has 9 atom stereocenters. The molecule has 0 unspecified atom stereocenters. The summed E-state index contributed by atoms with van der Waals surface area (Å²) in [6.07, 6.45) is 2.59. The van der Waals surface area contributed by atoms with E-state index in [1.54, 1.807) is 41.5 Å². The predicted octanol–water partition coefficient (Wildman–Crippen LogP) is 3.77. The highest BCUT2D eigenvalue weighted by Crippen LogP contribution is 2.33. The van der Waals surface area contributed by atoms with Crippen LogP contribution in [0.1, 0.15) is 125 Å². The van der Waals surface area contributed by atoms with Crippen LogP contribution in [0, 0.1) is 23.2 Å². The topological polar surface area (TPSA) is 192 Å². The fraction of sp³-hybridized carbons (Fsp3) is 0.714. The number of nitrogens with zero attached hydrogens (tertiary/aromatic N) is 4. The van der Waals surface area contributed by atoms with Crippen molar-refractivity contribution in [1.29, 1.82) is 0 Å². The molecule has 16 heteroatoms. The van der Waals surface area contributed by atoms with Crippen LogP contribution in [0.2, 0.25) is 0 Å². The second-order valence-electron chi connectivity index (χ2n) is 20.1. The third-order valence-corrected chi connectivity index (χ3v) is 14.3. The number of amides is 6. The molecule has 5 aliphatic rings. The minimum Gasteiger partial charge on any atom is -0.460 e. The minimum absolute atomic E-state index is 0.243. The van der Waals surface area contributed by atoms with Crippen LogP contribution < -0.4 is 10.6 Å². The smallest absolute Gasteiger partial charge is 0.329 e. The predicted molar refractivity (Wildman–Crippen MR) is 240 cm³/mol. The van der Waals surface area contributed by atoms with Gasteiger partial charge in [-0.3, -0.25) is 28.8 Å². The third kappa shape index (κ3) is 10.7. The van der Waals surface area contributed by atoms with E-state index in [2.05, 4.69) is 10.6 Å². The summed E-state index contributed by atoms with van der Waals surface area (Å²) in [4.78, 5) is 121. The van der Waals surface area contributed by atoms with Gasteiger partial charge in [0.15, 0.2) is 6.10 Å². The van der Waals surface area contributed by atoms with Gasteiger partial charge in [0.25, 0.3) is 5.91 Å². The fourth-order valence-corrected chi connectivity index (χ4v) is 10.4. The zero-order valence-electron chi connectivity index (χ0n) is 39.7. The first-order valence-corrected chi connectivity index (χ1v) is 24.1. The quantitative estimate of drug-likeness (QED) is 0.381. The molecule has 0 aromatic heterocycles. The van der Waals surface area contributed by atoms with Gasteiger partial charge >= 0.3 is 11.9 Å². The minimum atomic E-state index is -1.33. The van der Waals surface area contributed by atoms with Crippen molar-refractivity contribution in [1.82, 2.24) is 30.2 Å². The summed E-state index contributed by atoms with van der Waals surface area (Å²) in [5, 5.41) is 5.99. The van der Waals surface area contributed by atoms with Crippen LogP contribution in [0.4, 0.5) is 0 Å². The SMILES string of the molecule is CCC[C@H]1OC(=O)[C@@H]2CCCN2C(=O)[C@H]([C@H](C)Cc2ccccc2)NC(=O)[C@@H]2CCCN2C(=O)[C@@H]2CCCN2C(=O)[C@H](C(C)C)OC(=O)[C@@H]2CCCN2C(=O)[C@@H](C(C)C)NC(=O)C1(C)C. The van der Waals surface area contributed by atoms with Gasteiger partial charge in [0.2, 0.25) is 29.5 Å². The van der Waals surface area contributed by atoms with Crippen LogP contribution in [0.5, 0.6) is 0 Å². The van der Waals surface area contributed by atoms with E-state index in [-0.39, 0.29) is 32.1 Å². The lowest BCUT2D eigenvalue weighted by molar-refractivity contribution is -0.170. The summed E-state index contributed by atoms with van der Waals surface area (Å²) in [7, 11) is 0. The Morgan fingerprint density at radius 2 is 1.09 bits per heavy atom. The van der Waals surface area contributed by atoms with E-state index < -0.39 is 113 Å². The molecule has 358 valence electrons. The summed E-state index contributed by atoms with van der Waals surface area (Å²) >= 11 is 0. The standard InChI is InChI=1S/C49H72N6O10/c1-9-17-37-49(7,8)48(63)51-38(29(2)3)43(58)54-26-16-23-36(54)47(62)65-40(30(4)5)45(60)53-25-14-21-34(53)42(57)52-24-13-20-33(52)41(56)50-39(31(6)28-32-18-11-10-12-19-32)44(59)55-27-15-22-35(55)46(61)64-37/h10-12,18-19,29-31,33-40H,9,13-17,20-28H2,1-8H3,(H,50,56)(H,51,63)/t31-,33+,34+,35+,36+,37-,38-,39+,40+/m1/s1. The average Bonchev–Trinajstić information content (AvgIpc) is 4.12. The van der Waals surface area contributed by atoms with E-state index >= 15 is 0 Å². The highest BCUT2D eigenvalue weighted by Gasteiger charge is 2.49. The molecule has 5 heterocycles. The number of esters is 2. The van der Waals surface area contributed by atoms with Gasteiger partial charge in [-0.1, -0.05) is 78.3 Å². The lowest BCUT2D eigenvalue weighted by Gasteiger charge is -2.37. The zero-order chi connectivity index (χ0) is 47.3. The number of hydrogen-bond donors (Lipinski definition) is 2. The molecular weight excluding hydrogens is 833 g/mol. The lowest BCUT2D eigenvalue weighted by Crippen LogP contribution is -2.59. The number of nitrogens with one attached hydrogen (secondary N) is 2.